The van der Waals surface area contributed by atoms with Gasteiger partial charge in [-0.3, -0.25) is 14.6 Å². The van der Waals surface area contributed by atoms with Crippen molar-refractivity contribution in [2.24, 2.45) is 17.3 Å². The van der Waals surface area contributed by atoms with E-state index in [1.807, 2.05) is 12.1 Å². The van der Waals surface area contributed by atoms with Crippen molar-refractivity contribution in [1.82, 2.24) is 20.6 Å². The lowest BCUT2D eigenvalue weighted by Crippen LogP contribution is -2.58. The first kappa shape index (κ1) is 42.6. The number of aliphatic hydroxyl groups excluding tert-OH is 3. The number of alkyl halides is 3. The molecule has 61 heavy (non-hydrogen) atoms. The number of rotatable bonds is 12. The summed E-state index contributed by atoms with van der Waals surface area (Å²) in [4.78, 5) is 32.8. The summed E-state index contributed by atoms with van der Waals surface area (Å²) in [5.74, 6) is 1.84. The van der Waals surface area contributed by atoms with Crippen molar-refractivity contribution in [3.05, 3.63) is 107 Å². The predicted octanol–water partition coefficient (Wildman–Crippen LogP) is 5.91. The first-order chi connectivity index (χ1) is 29.3. The van der Waals surface area contributed by atoms with E-state index in [1.165, 1.54) is 17.5 Å². The molecule has 0 radical (unpaired) electrons. The SMILES string of the molecule is C[C@]12CC[C@@H]3c4ccc(OCCCNC(=O)c5ccc(-c6ccc(C(=O)NC[C@H]7OC[C@H](Nc8cncc(C(F)(F)F)n8)[C@@H](O)[C@H]7O)cc6)cc5)cc4CC[C@H]3[C@@H]1CC[C@@H]2O. The van der Waals surface area contributed by atoms with Gasteiger partial charge < -0.3 is 40.7 Å². The number of aryl methyl sites for hydroxylation is 1. The van der Waals surface area contributed by atoms with E-state index < -0.39 is 42.1 Å². The van der Waals surface area contributed by atoms with Gasteiger partial charge in [0.15, 0.2) is 5.69 Å². The molecular formula is C46H52F3N5O7. The maximum Gasteiger partial charge on any atom is 0.434 e. The fourth-order valence-corrected chi connectivity index (χ4v) is 10.1. The molecule has 4 aliphatic rings. The Morgan fingerprint density at radius 1 is 0.885 bits per heavy atom. The fourth-order valence-electron chi connectivity index (χ4n) is 10.1. The average Bonchev–Trinajstić information content (AvgIpc) is 3.57. The number of carbonyl (C=O) groups is 2. The molecule has 12 nitrogen and oxygen atoms in total. The lowest BCUT2D eigenvalue weighted by Gasteiger charge is -2.50. The third-order valence-corrected chi connectivity index (χ3v) is 13.5. The first-order valence-electron chi connectivity index (χ1n) is 21.1. The Hall–Kier alpha value is -5.09. The third-order valence-electron chi connectivity index (χ3n) is 13.5. The van der Waals surface area contributed by atoms with Crippen LogP contribution in [0.1, 0.15) is 88.9 Å². The van der Waals surface area contributed by atoms with Crippen LogP contribution in [-0.4, -0.2) is 93.9 Å². The minimum Gasteiger partial charge on any atom is -0.494 e. The maximum atomic E-state index is 13.0. The Bertz CT molecular complexity index is 2190. The lowest BCUT2D eigenvalue weighted by molar-refractivity contribution is -0.141. The highest BCUT2D eigenvalue weighted by Gasteiger charge is 2.54. The van der Waals surface area contributed by atoms with E-state index >= 15 is 0 Å². The Labute approximate surface area is 352 Å². The van der Waals surface area contributed by atoms with Gasteiger partial charge in [0.2, 0.25) is 0 Å². The number of nitrogens with zero attached hydrogens (tertiary/aromatic N) is 2. The molecule has 2 saturated carbocycles. The molecule has 0 unspecified atom stereocenters. The number of benzene rings is 3. The first-order valence-corrected chi connectivity index (χ1v) is 21.1. The molecule has 15 heteroatoms. The van der Waals surface area contributed by atoms with Crippen molar-refractivity contribution < 1.29 is 47.6 Å². The van der Waals surface area contributed by atoms with E-state index in [9.17, 15) is 38.1 Å². The van der Waals surface area contributed by atoms with Crippen LogP contribution in [0.5, 0.6) is 5.75 Å². The van der Waals surface area contributed by atoms with Crippen LogP contribution < -0.4 is 20.7 Å². The van der Waals surface area contributed by atoms with Crippen LogP contribution in [0.3, 0.4) is 0 Å². The topological polar surface area (TPSA) is 175 Å². The molecule has 1 saturated heterocycles. The maximum absolute atomic E-state index is 13.0. The molecule has 3 aromatic carbocycles. The molecule has 324 valence electrons. The van der Waals surface area contributed by atoms with Crippen LogP contribution >= 0.6 is 0 Å². The number of fused-ring (bicyclic) bond motifs is 5. The van der Waals surface area contributed by atoms with Gasteiger partial charge in [-0.05, 0) is 127 Å². The quantitative estimate of drug-likeness (QED) is 0.0942. The standard InChI is InChI=1S/C46H52F3N5O7/c1-45-18-17-33-32-14-12-31(21-30(32)11-13-34(33)35(45)15-16-39(45)55)60-20-2-19-51-43(58)28-7-3-26(4-8-28)27-5-9-29(10-6-27)44(59)52-22-37-42(57)41(56)36(25-61-37)53-40-24-50-23-38(54-40)46(47,48)49/h3-10,12,14,21,23-24,33-37,39,41-42,55-57H,2,11,13,15-20,22,25H2,1H3,(H,51,58)(H,52,59)(H,53,54)/t33-,34-,35+,36+,37-,39+,41-,42+,45+/m1/s1. The molecule has 8 rings (SSSR count). The monoisotopic (exact) mass is 843 g/mol. The summed E-state index contributed by atoms with van der Waals surface area (Å²) in [6.07, 6.45) is 0.114. The second-order valence-corrected chi connectivity index (χ2v) is 17.1. The number of amides is 2. The zero-order valence-corrected chi connectivity index (χ0v) is 33.9. The zero-order chi connectivity index (χ0) is 42.9. The second-order valence-electron chi connectivity index (χ2n) is 17.1. The van der Waals surface area contributed by atoms with Crippen LogP contribution in [-0.2, 0) is 17.3 Å². The Kier molecular flexibility index (Phi) is 12.4. The van der Waals surface area contributed by atoms with E-state index in [2.05, 4.69) is 51.0 Å². The highest BCUT2D eigenvalue weighted by atomic mass is 19.4. The van der Waals surface area contributed by atoms with Crippen molar-refractivity contribution in [2.45, 2.75) is 94.4 Å². The number of carbonyl (C=O) groups excluding carboxylic acids is 2. The van der Waals surface area contributed by atoms with Crippen molar-refractivity contribution in [3.63, 3.8) is 0 Å². The summed E-state index contributed by atoms with van der Waals surface area (Å²) in [5, 5.41) is 40.2. The average molecular weight is 844 g/mol. The van der Waals surface area contributed by atoms with Gasteiger partial charge in [0.25, 0.3) is 11.8 Å². The normalized spacial score (nSPS) is 28.2. The van der Waals surface area contributed by atoms with Crippen molar-refractivity contribution >= 4 is 17.6 Å². The third kappa shape index (κ3) is 9.11. The molecular weight excluding hydrogens is 792 g/mol. The Morgan fingerprint density at radius 2 is 1.59 bits per heavy atom. The molecule has 9 atom stereocenters. The van der Waals surface area contributed by atoms with Crippen LogP contribution in [0, 0.1) is 17.3 Å². The summed E-state index contributed by atoms with van der Waals surface area (Å²) >= 11 is 0. The van der Waals surface area contributed by atoms with Crippen LogP contribution in [0.25, 0.3) is 11.1 Å². The van der Waals surface area contributed by atoms with Gasteiger partial charge in [-0.15, -0.1) is 0 Å². The summed E-state index contributed by atoms with van der Waals surface area (Å²) in [6, 6.07) is 19.6. The number of hydrogen-bond donors (Lipinski definition) is 6. The summed E-state index contributed by atoms with van der Waals surface area (Å²) < 4.78 is 50.7. The molecule has 2 amide bonds. The van der Waals surface area contributed by atoms with Gasteiger partial charge in [-0.25, -0.2) is 4.98 Å². The number of ether oxygens (including phenoxy) is 2. The summed E-state index contributed by atoms with van der Waals surface area (Å²) in [5.41, 5.74) is 4.27. The number of hydrogen-bond acceptors (Lipinski definition) is 10. The minimum absolute atomic E-state index is 0.0761. The van der Waals surface area contributed by atoms with Gasteiger partial charge in [0, 0.05) is 24.2 Å². The van der Waals surface area contributed by atoms with Gasteiger partial charge in [0.05, 0.1) is 37.8 Å². The molecule has 6 N–H and O–H groups in total. The largest absolute Gasteiger partial charge is 0.494 e. The van der Waals surface area contributed by atoms with E-state index in [1.54, 1.807) is 36.4 Å². The van der Waals surface area contributed by atoms with Crippen molar-refractivity contribution in [2.75, 3.05) is 31.6 Å². The molecule has 0 bridgehead atoms. The molecule has 3 fully saturated rings. The minimum atomic E-state index is -4.70. The Balaban J connectivity index is 0.749. The van der Waals surface area contributed by atoms with Crippen LogP contribution in [0.15, 0.2) is 79.1 Å². The summed E-state index contributed by atoms with van der Waals surface area (Å²) in [7, 11) is 0. The summed E-state index contributed by atoms with van der Waals surface area (Å²) in [6.45, 7) is 2.95. The van der Waals surface area contributed by atoms with Crippen molar-refractivity contribution in [1.29, 1.82) is 0 Å². The zero-order valence-electron chi connectivity index (χ0n) is 33.9. The molecule has 0 spiro atoms. The molecule has 1 aliphatic heterocycles. The lowest BCUT2D eigenvalue weighted by atomic mass is 9.55. The van der Waals surface area contributed by atoms with E-state index in [4.69, 9.17) is 9.47 Å². The van der Waals surface area contributed by atoms with E-state index in [-0.39, 0.29) is 36.4 Å². The highest BCUT2D eigenvalue weighted by Crippen LogP contribution is 2.61. The number of halogens is 3. The van der Waals surface area contributed by atoms with Crippen LogP contribution in [0.4, 0.5) is 19.0 Å². The molecule has 4 aromatic rings. The highest BCUT2D eigenvalue weighted by molar-refractivity contribution is 5.95. The second kappa shape index (κ2) is 17.7. The number of aliphatic hydroxyl groups is 3. The van der Waals surface area contributed by atoms with E-state index in [0.717, 1.165) is 55.2 Å². The number of aromatic nitrogens is 2. The van der Waals surface area contributed by atoms with Gasteiger partial charge in [-0.1, -0.05) is 37.3 Å². The van der Waals surface area contributed by atoms with Gasteiger partial charge >= 0.3 is 6.18 Å². The Morgan fingerprint density at radius 3 is 2.30 bits per heavy atom. The fraction of sp³-hybridized carbons (Fsp3) is 0.478. The molecule has 2 heterocycles. The smallest absolute Gasteiger partial charge is 0.434 e. The molecule has 3 aliphatic carbocycles. The van der Waals surface area contributed by atoms with Crippen LogP contribution in [0.2, 0.25) is 0 Å². The molecule has 1 aromatic heterocycles. The van der Waals surface area contributed by atoms with Crippen molar-refractivity contribution in [3.8, 4) is 16.9 Å². The number of nitrogens with one attached hydrogen (secondary N) is 3. The van der Waals surface area contributed by atoms with Gasteiger partial charge in [0.1, 0.15) is 29.9 Å². The predicted molar refractivity (Wildman–Crippen MR) is 220 cm³/mol. The van der Waals surface area contributed by atoms with Gasteiger partial charge in [-0.2, -0.15) is 13.2 Å². The number of anilines is 1. The van der Waals surface area contributed by atoms with E-state index in [0.29, 0.717) is 54.6 Å².